The lowest BCUT2D eigenvalue weighted by atomic mass is 9.79. The Morgan fingerprint density at radius 3 is 2.96 bits per heavy atom. The van der Waals surface area contributed by atoms with Crippen molar-refractivity contribution in [1.29, 1.82) is 0 Å². The third-order valence-corrected chi connectivity index (χ3v) is 5.96. The quantitative estimate of drug-likeness (QED) is 0.731. The number of carboxylic acid groups (broad SMARTS) is 1. The summed E-state index contributed by atoms with van der Waals surface area (Å²) < 4.78 is 5.36. The third kappa shape index (κ3) is 2.70. The number of H-pyrrole nitrogens is 1. The highest BCUT2D eigenvalue weighted by molar-refractivity contribution is 5.99. The number of carbonyl (C=O) groups is 1. The molecule has 2 atom stereocenters. The Kier molecular flexibility index (Phi) is 3.98. The molecule has 1 aliphatic heterocycles. The van der Waals surface area contributed by atoms with E-state index in [2.05, 4.69) is 34.3 Å². The molecule has 2 aliphatic rings. The molecule has 2 aromatic carbocycles. The van der Waals surface area contributed by atoms with Crippen LogP contribution >= 0.6 is 0 Å². The standard InChI is InChI=1S/C23H22N2O3/c1-28-17-5-2-4-14(8-17)12-25-13-16(23(26)27)9-19-18-6-3-7-20-22(18)15(11-24-20)10-21(19)25/h2-9,11,16,21,24H,10,12-13H2,1H3,(H,26,27)/t16?,21-/m1/s1. The lowest BCUT2D eigenvalue weighted by molar-refractivity contribution is -0.141. The largest absolute Gasteiger partial charge is 0.497 e. The van der Waals surface area contributed by atoms with Gasteiger partial charge in [-0.2, -0.15) is 0 Å². The summed E-state index contributed by atoms with van der Waals surface area (Å²) in [5.41, 5.74) is 5.84. The van der Waals surface area contributed by atoms with E-state index in [4.69, 9.17) is 4.74 Å². The SMILES string of the molecule is COc1cccc(CN2CC(C(=O)O)C=C3c4cccc5[nH]cc(c45)C[C@H]32)c1. The average molecular weight is 374 g/mol. The monoisotopic (exact) mass is 374 g/mol. The summed E-state index contributed by atoms with van der Waals surface area (Å²) in [6.07, 6.45) is 4.96. The van der Waals surface area contributed by atoms with Gasteiger partial charge < -0.3 is 14.8 Å². The van der Waals surface area contributed by atoms with Crippen LogP contribution in [-0.2, 0) is 17.8 Å². The predicted molar refractivity (Wildman–Crippen MR) is 108 cm³/mol. The van der Waals surface area contributed by atoms with Gasteiger partial charge in [0.05, 0.1) is 13.0 Å². The Labute approximate surface area is 163 Å². The first-order chi connectivity index (χ1) is 13.6. The van der Waals surface area contributed by atoms with Gasteiger partial charge in [-0.25, -0.2) is 0 Å². The second kappa shape index (κ2) is 6.53. The molecule has 5 heteroatoms. The fourth-order valence-electron chi connectivity index (χ4n) is 4.66. The zero-order chi connectivity index (χ0) is 19.3. The van der Waals surface area contributed by atoms with Crippen LogP contribution in [0.15, 0.2) is 54.7 Å². The minimum Gasteiger partial charge on any atom is -0.497 e. The summed E-state index contributed by atoms with van der Waals surface area (Å²) in [4.78, 5) is 17.5. The minimum atomic E-state index is -0.770. The molecule has 2 heterocycles. The molecule has 0 amide bonds. The van der Waals surface area contributed by atoms with Gasteiger partial charge in [0.15, 0.2) is 0 Å². The summed E-state index contributed by atoms with van der Waals surface area (Å²) in [5.74, 6) is -0.456. The molecule has 28 heavy (non-hydrogen) atoms. The number of nitrogens with one attached hydrogen (secondary N) is 1. The molecule has 0 spiro atoms. The fourth-order valence-corrected chi connectivity index (χ4v) is 4.66. The lowest BCUT2D eigenvalue weighted by Crippen LogP contribution is -2.46. The summed E-state index contributed by atoms with van der Waals surface area (Å²) in [6.45, 7) is 1.20. The highest BCUT2D eigenvalue weighted by atomic mass is 16.5. The molecule has 1 aromatic heterocycles. The number of ether oxygens (including phenoxy) is 1. The van der Waals surface area contributed by atoms with Gasteiger partial charge in [-0.05, 0) is 46.9 Å². The predicted octanol–water partition coefficient (Wildman–Crippen LogP) is 3.70. The maximum Gasteiger partial charge on any atom is 0.311 e. The van der Waals surface area contributed by atoms with Gasteiger partial charge >= 0.3 is 5.97 Å². The normalized spacial score (nSPS) is 21.2. The van der Waals surface area contributed by atoms with Crippen molar-refractivity contribution in [3.05, 3.63) is 71.4 Å². The van der Waals surface area contributed by atoms with Crippen LogP contribution in [0, 0.1) is 5.92 Å². The zero-order valence-electron chi connectivity index (χ0n) is 15.7. The van der Waals surface area contributed by atoms with E-state index in [-0.39, 0.29) is 6.04 Å². The second-order valence-electron chi connectivity index (χ2n) is 7.61. The number of methoxy groups -OCH3 is 1. The molecule has 142 valence electrons. The Hall–Kier alpha value is -3.05. The van der Waals surface area contributed by atoms with Crippen molar-refractivity contribution >= 4 is 22.4 Å². The van der Waals surface area contributed by atoms with Crippen LogP contribution in [0.5, 0.6) is 5.75 Å². The topological polar surface area (TPSA) is 65.6 Å². The summed E-state index contributed by atoms with van der Waals surface area (Å²) in [6, 6.07) is 14.4. The molecule has 0 radical (unpaired) electrons. The van der Waals surface area contributed by atoms with Crippen molar-refractivity contribution in [3.63, 3.8) is 0 Å². The van der Waals surface area contributed by atoms with Gasteiger partial charge in [0.25, 0.3) is 0 Å². The highest BCUT2D eigenvalue weighted by Gasteiger charge is 2.37. The first-order valence-corrected chi connectivity index (χ1v) is 9.55. The van der Waals surface area contributed by atoms with E-state index in [1.807, 2.05) is 30.3 Å². The fraction of sp³-hybridized carbons (Fsp3) is 0.261. The van der Waals surface area contributed by atoms with E-state index in [1.165, 1.54) is 10.9 Å². The van der Waals surface area contributed by atoms with Gasteiger partial charge in [-0.15, -0.1) is 0 Å². The number of fused-ring (bicyclic) bond motifs is 2. The van der Waals surface area contributed by atoms with Crippen molar-refractivity contribution in [1.82, 2.24) is 9.88 Å². The van der Waals surface area contributed by atoms with Crippen molar-refractivity contribution in [2.45, 2.75) is 19.0 Å². The summed E-state index contributed by atoms with van der Waals surface area (Å²) >= 11 is 0. The molecule has 0 saturated carbocycles. The van der Waals surface area contributed by atoms with Crippen molar-refractivity contribution < 1.29 is 14.6 Å². The van der Waals surface area contributed by atoms with E-state index in [9.17, 15) is 9.90 Å². The molecule has 0 fully saturated rings. The van der Waals surface area contributed by atoms with Crippen molar-refractivity contribution in [2.75, 3.05) is 13.7 Å². The number of hydrogen-bond acceptors (Lipinski definition) is 3. The van der Waals surface area contributed by atoms with Gasteiger partial charge in [0.2, 0.25) is 0 Å². The molecule has 1 unspecified atom stereocenters. The summed E-state index contributed by atoms with van der Waals surface area (Å²) in [5, 5.41) is 11.0. The van der Waals surface area contributed by atoms with E-state index in [0.717, 1.165) is 34.4 Å². The molecule has 5 rings (SSSR count). The average Bonchev–Trinajstić information content (AvgIpc) is 3.13. The Morgan fingerprint density at radius 2 is 2.14 bits per heavy atom. The lowest BCUT2D eigenvalue weighted by Gasteiger charge is -2.41. The van der Waals surface area contributed by atoms with Crippen LogP contribution in [0.3, 0.4) is 0 Å². The number of hydrogen-bond donors (Lipinski definition) is 2. The minimum absolute atomic E-state index is 0.177. The first kappa shape index (κ1) is 17.1. The number of aromatic amines is 1. The number of nitrogens with zero attached hydrogens (tertiary/aromatic N) is 1. The van der Waals surface area contributed by atoms with Gasteiger partial charge in [0, 0.05) is 36.2 Å². The number of rotatable bonds is 4. The van der Waals surface area contributed by atoms with Crippen LogP contribution in [0.1, 0.15) is 16.7 Å². The van der Waals surface area contributed by atoms with Crippen LogP contribution in [0.2, 0.25) is 0 Å². The molecule has 1 aliphatic carbocycles. The number of aromatic nitrogens is 1. The highest BCUT2D eigenvalue weighted by Crippen LogP contribution is 2.41. The number of aliphatic carboxylic acids is 1. The second-order valence-corrected chi connectivity index (χ2v) is 7.61. The zero-order valence-corrected chi connectivity index (χ0v) is 15.7. The van der Waals surface area contributed by atoms with Gasteiger partial charge in [-0.3, -0.25) is 9.69 Å². The Bertz CT molecular complexity index is 1100. The van der Waals surface area contributed by atoms with E-state index >= 15 is 0 Å². The molecule has 2 N–H and O–H groups in total. The van der Waals surface area contributed by atoms with Crippen molar-refractivity contribution in [3.8, 4) is 5.75 Å². The van der Waals surface area contributed by atoms with Gasteiger partial charge in [-0.1, -0.05) is 30.3 Å². The van der Waals surface area contributed by atoms with Crippen molar-refractivity contribution in [2.24, 2.45) is 5.92 Å². The van der Waals surface area contributed by atoms with Gasteiger partial charge in [0.1, 0.15) is 5.75 Å². The molecular formula is C23H22N2O3. The van der Waals surface area contributed by atoms with Crippen LogP contribution in [0.4, 0.5) is 0 Å². The van der Waals surface area contributed by atoms with E-state index in [0.29, 0.717) is 13.1 Å². The van der Waals surface area contributed by atoms with Crippen LogP contribution in [0.25, 0.3) is 16.5 Å². The molecular weight excluding hydrogens is 352 g/mol. The first-order valence-electron chi connectivity index (χ1n) is 9.55. The Balaban J connectivity index is 1.57. The summed E-state index contributed by atoms with van der Waals surface area (Å²) in [7, 11) is 1.66. The van der Waals surface area contributed by atoms with Crippen LogP contribution in [-0.4, -0.2) is 40.7 Å². The van der Waals surface area contributed by atoms with E-state index in [1.54, 1.807) is 7.11 Å². The third-order valence-electron chi connectivity index (χ3n) is 5.96. The maximum absolute atomic E-state index is 11.9. The molecule has 3 aromatic rings. The molecule has 0 saturated heterocycles. The van der Waals surface area contributed by atoms with E-state index < -0.39 is 11.9 Å². The van der Waals surface area contributed by atoms with Crippen LogP contribution < -0.4 is 4.74 Å². The smallest absolute Gasteiger partial charge is 0.311 e. The molecule has 0 bridgehead atoms. The molecule has 5 nitrogen and oxygen atoms in total. The number of carboxylic acids is 1. The Morgan fingerprint density at radius 1 is 1.29 bits per heavy atom. The maximum atomic E-state index is 11.9. The number of benzene rings is 2.